The van der Waals surface area contributed by atoms with Crippen LogP contribution in [0.15, 0.2) is 24.7 Å². The Morgan fingerprint density at radius 2 is 2.10 bits per heavy atom. The van der Waals surface area contributed by atoms with Gasteiger partial charge in [-0.1, -0.05) is 0 Å². The first kappa shape index (κ1) is 13.1. The number of carbonyl (C=O) groups excluding carboxylic acids is 1. The van der Waals surface area contributed by atoms with E-state index in [4.69, 9.17) is 0 Å². The van der Waals surface area contributed by atoms with Crippen LogP contribution in [0.1, 0.15) is 22.5 Å². The fourth-order valence-corrected chi connectivity index (χ4v) is 2.60. The Kier molecular flexibility index (Phi) is 3.45. The van der Waals surface area contributed by atoms with Crippen molar-refractivity contribution in [1.29, 1.82) is 0 Å². The SMILES string of the molecule is O=C(NCC1(CO)CC1)c1cnc(-c2ncccn2)s1. The number of amides is 1. The van der Waals surface area contributed by atoms with E-state index in [2.05, 4.69) is 20.3 Å². The third-order valence-corrected chi connectivity index (χ3v) is 4.40. The van der Waals surface area contributed by atoms with Gasteiger partial charge in [-0.3, -0.25) is 4.79 Å². The number of hydrogen-bond acceptors (Lipinski definition) is 6. The van der Waals surface area contributed by atoms with Crippen molar-refractivity contribution in [1.82, 2.24) is 20.3 Å². The molecular weight excluding hydrogens is 276 g/mol. The van der Waals surface area contributed by atoms with Crippen molar-refractivity contribution in [2.45, 2.75) is 12.8 Å². The van der Waals surface area contributed by atoms with Gasteiger partial charge >= 0.3 is 0 Å². The second-order valence-corrected chi connectivity index (χ2v) is 5.97. The van der Waals surface area contributed by atoms with Crippen LogP contribution in [0, 0.1) is 5.41 Å². The summed E-state index contributed by atoms with van der Waals surface area (Å²) in [6.45, 7) is 0.635. The van der Waals surface area contributed by atoms with Crippen LogP contribution in [0.4, 0.5) is 0 Å². The number of hydrogen-bond donors (Lipinski definition) is 2. The highest BCUT2D eigenvalue weighted by molar-refractivity contribution is 7.16. The minimum atomic E-state index is -0.163. The first-order chi connectivity index (χ1) is 9.72. The maximum Gasteiger partial charge on any atom is 0.263 e. The van der Waals surface area contributed by atoms with E-state index < -0.39 is 0 Å². The van der Waals surface area contributed by atoms with Crippen LogP contribution in [-0.2, 0) is 0 Å². The maximum atomic E-state index is 12.0. The van der Waals surface area contributed by atoms with Crippen molar-refractivity contribution in [3.63, 3.8) is 0 Å². The quantitative estimate of drug-likeness (QED) is 0.861. The summed E-state index contributed by atoms with van der Waals surface area (Å²) in [5, 5.41) is 12.7. The van der Waals surface area contributed by atoms with Gasteiger partial charge in [0.25, 0.3) is 5.91 Å². The lowest BCUT2D eigenvalue weighted by atomic mass is 10.1. The van der Waals surface area contributed by atoms with Gasteiger partial charge in [-0.05, 0) is 18.9 Å². The average Bonchev–Trinajstić information content (AvgIpc) is 3.12. The molecule has 1 aliphatic rings. The van der Waals surface area contributed by atoms with E-state index in [1.165, 1.54) is 17.5 Å². The van der Waals surface area contributed by atoms with E-state index in [9.17, 15) is 9.90 Å². The van der Waals surface area contributed by atoms with E-state index in [0.717, 1.165) is 12.8 Å². The molecule has 0 radical (unpaired) electrons. The Bertz CT molecular complexity index is 610. The van der Waals surface area contributed by atoms with E-state index >= 15 is 0 Å². The second-order valence-electron chi connectivity index (χ2n) is 4.94. The van der Waals surface area contributed by atoms with Crippen molar-refractivity contribution in [2.75, 3.05) is 13.2 Å². The molecule has 7 heteroatoms. The van der Waals surface area contributed by atoms with Gasteiger partial charge in [-0.25, -0.2) is 15.0 Å². The molecule has 0 aromatic carbocycles. The molecule has 1 amide bonds. The van der Waals surface area contributed by atoms with E-state index in [1.54, 1.807) is 18.5 Å². The van der Waals surface area contributed by atoms with Crippen LogP contribution in [0.25, 0.3) is 10.8 Å². The number of aromatic nitrogens is 3. The van der Waals surface area contributed by atoms with Gasteiger partial charge in [0.15, 0.2) is 10.8 Å². The summed E-state index contributed by atoms with van der Waals surface area (Å²) in [4.78, 5) is 24.9. The predicted molar refractivity (Wildman–Crippen MR) is 74.2 cm³/mol. The topological polar surface area (TPSA) is 88.0 Å². The molecule has 2 aromatic heterocycles. The summed E-state index contributed by atoms with van der Waals surface area (Å²) in [7, 11) is 0. The van der Waals surface area contributed by atoms with Crippen LogP contribution in [-0.4, -0.2) is 39.1 Å². The first-order valence-corrected chi connectivity index (χ1v) is 7.16. The zero-order valence-electron chi connectivity index (χ0n) is 10.7. The van der Waals surface area contributed by atoms with Crippen LogP contribution >= 0.6 is 11.3 Å². The fourth-order valence-electron chi connectivity index (χ4n) is 1.81. The maximum absolute atomic E-state index is 12.0. The van der Waals surface area contributed by atoms with Crippen molar-refractivity contribution in [3.05, 3.63) is 29.5 Å². The Balaban J connectivity index is 1.66. The summed E-state index contributed by atoms with van der Waals surface area (Å²) < 4.78 is 0. The standard InChI is InChI=1S/C13H14N4O2S/c18-8-13(2-3-13)7-17-11(19)9-6-16-12(20-9)10-14-4-1-5-15-10/h1,4-6,18H,2-3,7-8H2,(H,17,19). The molecule has 2 heterocycles. The van der Waals surface area contributed by atoms with Gasteiger partial charge in [0.1, 0.15) is 4.88 Å². The molecule has 3 rings (SSSR count). The molecule has 2 N–H and O–H groups in total. The molecule has 20 heavy (non-hydrogen) atoms. The number of rotatable bonds is 5. The molecule has 104 valence electrons. The lowest BCUT2D eigenvalue weighted by Crippen LogP contribution is -2.31. The average molecular weight is 290 g/mol. The van der Waals surface area contributed by atoms with Gasteiger partial charge < -0.3 is 10.4 Å². The molecule has 0 aliphatic heterocycles. The number of nitrogens with one attached hydrogen (secondary N) is 1. The molecule has 1 aliphatic carbocycles. The number of nitrogens with zero attached hydrogens (tertiary/aromatic N) is 3. The fraction of sp³-hybridized carbons (Fsp3) is 0.385. The Hall–Kier alpha value is -1.86. The van der Waals surface area contributed by atoms with Gasteiger partial charge in [0.05, 0.1) is 12.8 Å². The van der Waals surface area contributed by atoms with Crippen molar-refractivity contribution < 1.29 is 9.90 Å². The third kappa shape index (κ3) is 2.68. The largest absolute Gasteiger partial charge is 0.396 e. The lowest BCUT2D eigenvalue weighted by molar-refractivity contribution is 0.0939. The van der Waals surface area contributed by atoms with E-state index in [1.807, 2.05) is 0 Å². The zero-order valence-corrected chi connectivity index (χ0v) is 11.6. The highest BCUT2D eigenvalue weighted by Crippen LogP contribution is 2.44. The Morgan fingerprint density at radius 1 is 1.35 bits per heavy atom. The third-order valence-electron chi connectivity index (χ3n) is 3.40. The minimum Gasteiger partial charge on any atom is -0.396 e. The summed E-state index contributed by atoms with van der Waals surface area (Å²) in [6, 6.07) is 1.73. The summed E-state index contributed by atoms with van der Waals surface area (Å²) in [5.41, 5.74) is -0.0915. The van der Waals surface area contributed by atoms with Gasteiger partial charge in [0.2, 0.25) is 0 Å². The van der Waals surface area contributed by atoms with E-state index in [0.29, 0.717) is 22.3 Å². The van der Waals surface area contributed by atoms with Crippen LogP contribution in [0.5, 0.6) is 0 Å². The molecule has 0 saturated heterocycles. The molecule has 0 spiro atoms. The smallest absolute Gasteiger partial charge is 0.263 e. The first-order valence-electron chi connectivity index (χ1n) is 6.35. The Labute approximate surface area is 119 Å². The Morgan fingerprint density at radius 3 is 2.75 bits per heavy atom. The zero-order chi connectivity index (χ0) is 14.0. The molecular formula is C13H14N4O2S. The normalized spacial score (nSPS) is 15.8. The van der Waals surface area contributed by atoms with Gasteiger partial charge in [-0.15, -0.1) is 11.3 Å². The predicted octanol–water partition coefficient (Wildman–Crippen LogP) is 1.10. The van der Waals surface area contributed by atoms with Crippen LogP contribution in [0.3, 0.4) is 0 Å². The molecule has 1 saturated carbocycles. The van der Waals surface area contributed by atoms with Gasteiger partial charge in [0, 0.05) is 24.4 Å². The second kappa shape index (κ2) is 5.26. The summed E-state index contributed by atoms with van der Waals surface area (Å²) in [5.74, 6) is 0.356. The lowest BCUT2D eigenvalue weighted by Gasteiger charge is -2.11. The highest BCUT2D eigenvalue weighted by atomic mass is 32.1. The van der Waals surface area contributed by atoms with Gasteiger partial charge in [-0.2, -0.15) is 0 Å². The summed E-state index contributed by atoms with van der Waals surface area (Å²) in [6.07, 6.45) is 6.75. The molecule has 1 fully saturated rings. The molecule has 0 atom stereocenters. The monoisotopic (exact) mass is 290 g/mol. The molecule has 2 aromatic rings. The van der Waals surface area contributed by atoms with E-state index in [-0.39, 0.29) is 17.9 Å². The van der Waals surface area contributed by atoms with Crippen molar-refractivity contribution in [3.8, 4) is 10.8 Å². The van der Waals surface area contributed by atoms with Crippen molar-refractivity contribution >= 4 is 17.2 Å². The molecule has 6 nitrogen and oxygen atoms in total. The van der Waals surface area contributed by atoms with Crippen LogP contribution in [0.2, 0.25) is 0 Å². The highest BCUT2D eigenvalue weighted by Gasteiger charge is 2.42. The molecule has 0 bridgehead atoms. The van der Waals surface area contributed by atoms with Crippen LogP contribution < -0.4 is 5.32 Å². The number of carbonyl (C=O) groups is 1. The number of thiazole rings is 1. The molecule has 0 unspecified atom stereocenters. The van der Waals surface area contributed by atoms with Crippen molar-refractivity contribution in [2.24, 2.45) is 5.41 Å². The summed E-state index contributed by atoms with van der Waals surface area (Å²) >= 11 is 1.26. The number of aliphatic hydroxyl groups is 1. The minimum absolute atomic E-state index is 0.0915. The number of aliphatic hydroxyl groups excluding tert-OH is 1.